The molecule has 2 aromatic rings. The van der Waals surface area contributed by atoms with Gasteiger partial charge < -0.3 is 14.4 Å². The molecule has 1 heterocycles. The number of nitrogens with zero attached hydrogens (tertiary/aromatic N) is 3. The van der Waals surface area contributed by atoms with Gasteiger partial charge in [0.2, 0.25) is 10.0 Å². The molecular formula is C28H35N3O5S. The van der Waals surface area contributed by atoms with Gasteiger partial charge in [0.05, 0.1) is 29.6 Å². The summed E-state index contributed by atoms with van der Waals surface area (Å²) in [5.41, 5.74) is 1.40. The standard InChI is InChI=1S/C28H35N3O5S/c1-5-37(33,34)31(17-7-10-22-8-6-9-23(20-22)21-29)24-11-13-25(14-12-24)35-26-15-18-30(19-16-26)27(32)36-28(2,3)4/h6-14,20,26H,5,15-19H2,1-4H3. The number of piperidine rings is 1. The number of anilines is 1. The lowest BCUT2D eigenvalue weighted by atomic mass is 10.1. The molecule has 2 aromatic carbocycles. The molecule has 198 valence electrons. The van der Waals surface area contributed by atoms with E-state index >= 15 is 0 Å². The van der Waals surface area contributed by atoms with E-state index in [1.165, 1.54) is 4.31 Å². The summed E-state index contributed by atoms with van der Waals surface area (Å²) in [5.74, 6) is 0.622. The van der Waals surface area contributed by atoms with E-state index in [4.69, 9.17) is 14.7 Å². The maximum atomic E-state index is 12.8. The van der Waals surface area contributed by atoms with E-state index < -0.39 is 15.6 Å². The Morgan fingerprint density at radius 1 is 1.16 bits per heavy atom. The first-order chi connectivity index (χ1) is 17.5. The van der Waals surface area contributed by atoms with Crippen molar-refractivity contribution in [3.63, 3.8) is 0 Å². The fraction of sp³-hybridized carbons (Fsp3) is 0.429. The van der Waals surface area contributed by atoms with Crippen molar-refractivity contribution < 1.29 is 22.7 Å². The second kappa shape index (κ2) is 12.2. The average molecular weight is 526 g/mol. The van der Waals surface area contributed by atoms with Crippen LogP contribution in [-0.2, 0) is 14.8 Å². The number of hydrogen-bond donors (Lipinski definition) is 0. The smallest absolute Gasteiger partial charge is 0.410 e. The van der Waals surface area contributed by atoms with Crippen molar-refractivity contribution in [1.82, 2.24) is 4.90 Å². The Morgan fingerprint density at radius 3 is 2.43 bits per heavy atom. The van der Waals surface area contributed by atoms with Crippen molar-refractivity contribution in [3.8, 4) is 11.8 Å². The first-order valence-electron chi connectivity index (χ1n) is 12.4. The quantitative estimate of drug-likeness (QED) is 0.469. The van der Waals surface area contributed by atoms with Gasteiger partial charge in [-0.05, 0) is 69.7 Å². The normalized spacial score (nSPS) is 14.8. The Morgan fingerprint density at radius 2 is 1.84 bits per heavy atom. The first kappa shape index (κ1) is 28.1. The minimum absolute atomic E-state index is 0.0285. The molecule has 37 heavy (non-hydrogen) atoms. The summed E-state index contributed by atoms with van der Waals surface area (Å²) in [6.45, 7) is 8.44. The monoisotopic (exact) mass is 525 g/mol. The third-order valence-corrected chi connectivity index (χ3v) is 7.58. The predicted molar refractivity (Wildman–Crippen MR) is 145 cm³/mol. The number of ether oxygens (including phenoxy) is 2. The molecule has 0 aliphatic carbocycles. The zero-order valence-corrected chi connectivity index (χ0v) is 22.7. The molecule has 3 rings (SSSR count). The lowest BCUT2D eigenvalue weighted by Gasteiger charge is -2.33. The van der Waals surface area contributed by atoms with Crippen molar-refractivity contribution >= 4 is 27.9 Å². The highest BCUT2D eigenvalue weighted by Gasteiger charge is 2.28. The highest BCUT2D eigenvalue weighted by molar-refractivity contribution is 7.92. The number of amides is 1. The fourth-order valence-electron chi connectivity index (χ4n) is 3.90. The number of likely N-dealkylation sites (tertiary alicyclic amines) is 1. The zero-order valence-electron chi connectivity index (χ0n) is 21.9. The Hall–Kier alpha value is -3.51. The molecule has 0 saturated carbocycles. The molecule has 1 amide bonds. The van der Waals surface area contributed by atoms with Crippen molar-refractivity contribution in [2.24, 2.45) is 0 Å². The minimum Gasteiger partial charge on any atom is -0.490 e. The molecule has 0 atom stereocenters. The van der Waals surface area contributed by atoms with Gasteiger partial charge in [-0.25, -0.2) is 13.2 Å². The van der Waals surface area contributed by atoms with E-state index in [1.807, 2.05) is 26.8 Å². The fourth-order valence-corrected chi connectivity index (χ4v) is 4.97. The van der Waals surface area contributed by atoms with Crippen LogP contribution in [0.1, 0.15) is 51.7 Å². The largest absolute Gasteiger partial charge is 0.490 e. The molecule has 0 unspecified atom stereocenters. The van der Waals surface area contributed by atoms with Crippen LogP contribution in [0.25, 0.3) is 6.08 Å². The molecule has 9 heteroatoms. The minimum atomic E-state index is -3.51. The van der Waals surface area contributed by atoms with Crippen LogP contribution in [0.15, 0.2) is 54.6 Å². The third kappa shape index (κ3) is 8.25. The molecule has 0 radical (unpaired) electrons. The molecular weight excluding hydrogens is 490 g/mol. The summed E-state index contributed by atoms with van der Waals surface area (Å²) in [6, 6.07) is 16.2. The lowest BCUT2D eigenvalue weighted by molar-refractivity contribution is 0.0126. The third-order valence-electron chi connectivity index (χ3n) is 5.82. The number of benzene rings is 2. The topological polar surface area (TPSA) is 99.9 Å². The van der Waals surface area contributed by atoms with Crippen LogP contribution in [0.2, 0.25) is 0 Å². The van der Waals surface area contributed by atoms with E-state index in [0.29, 0.717) is 42.9 Å². The summed E-state index contributed by atoms with van der Waals surface area (Å²) in [6.07, 6.45) is 4.61. The number of nitriles is 1. The first-order valence-corrected chi connectivity index (χ1v) is 14.0. The molecule has 0 N–H and O–H groups in total. The van der Waals surface area contributed by atoms with Crippen LogP contribution in [0, 0.1) is 11.3 Å². The average Bonchev–Trinajstić information content (AvgIpc) is 2.86. The van der Waals surface area contributed by atoms with Crippen molar-refractivity contribution in [1.29, 1.82) is 5.26 Å². The molecule has 1 saturated heterocycles. The molecule has 1 fully saturated rings. The van der Waals surface area contributed by atoms with E-state index in [1.54, 1.807) is 66.4 Å². The van der Waals surface area contributed by atoms with Crippen LogP contribution in [0.3, 0.4) is 0 Å². The maximum absolute atomic E-state index is 12.8. The van der Waals surface area contributed by atoms with E-state index in [0.717, 1.165) is 5.56 Å². The Labute approximate surface area is 220 Å². The molecule has 0 aromatic heterocycles. The van der Waals surface area contributed by atoms with E-state index in [2.05, 4.69) is 6.07 Å². The summed E-state index contributed by atoms with van der Waals surface area (Å²) >= 11 is 0. The predicted octanol–water partition coefficient (Wildman–Crippen LogP) is 5.21. The van der Waals surface area contributed by atoms with Gasteiger partial charge in [0.1, 0.15) is 17.5 Å². The highest BCUT2D eigenvalue weighted by Crippen LogP contribution is 2.25. The van der Waals surface area contributed by atoms with Crippen molar-refractivity contribution in [3.05, 3.63) is 65.7 Å². The van der Waals surface area contributed by atoms with E-state index in [9.17, 15) is 13.2 Å². The number of sulfonamides is 1. The maximum Gasteiger partial charge on any atom is 0.410 e. The number of hydrogen-bond acceptors (Lipinski definition) is 6. The molecule has 0 spiro atoms. The number of rotatable bonds is 8. The Balaban J connectivity index is 1.62. The molecule has 8 nitrogen and oxygen atoms in total. The van der Waals surface area contributed by atoms with Gasteiger partial charge >= 0.3 is 6.09 Å². The Kier molecular flexibility index (Phi) is 9.22. The number of carbonyl (C=O) groups is 1. The van der Waals surface area contributed by atoms with Crippen LogP contribution in [0.4, 0.5) is 10.5 Å². The van der Waals surface area contributed by atoms with Crippen LogP contribution >= 0.6 is 0 Å². The lowest BCUT2D eigenvalue weighted by Crippen LogP contribution is -2.44. The van der Waals surface area contributed by atoms with Crippen LogP contribution in [-0.4, -0.2) is 56.5 Å². The second-order valence-electron chi connectivity index (χ2n) is 9.85. The Bertz CT molecular complexity index is 1240. The van der Waals surface area contributed by atoms with Crippen molar-refractivity contribution in [2.45, 2.75) is 52.2 Å². The van der Waals surface area contributed by atoms with Gasteiger partial charge in [0, 0.05) is 25.9 Å². The highest BCUT2D eigenvalue weighted by atomic mass is 32.2. The van der Waals surface area contributed by atoms with Gasteiger partial charge in [-0.1, -0.05) is 24.3 Å². The summed E-state index contributed by atoms with van der Waals surface area (Å²) in [7, 11) is -3.51. The van der Waals surface area contributed by atoms with E-state index in [-0.39, 0.29) is 24.5 Å². The second-order valence-corrected chi connectivity index (χ2v) is 12.0. The van der Waals surface area contributed by atoms with Gasteiger partial charge in [-0.2, -0.15) is 5.26 Å². The van der Waals surface area contributed by atoms with Crippen LogP contribution < -0.4 is 9.04 Å². The summed E-state index contributed by atoms with van der Waals surface area (Å²) in [4.78, 5) is 14.0. The van der Waals surface area contributed by atoms with Crippen molar-refractivity contribution in [2.75, 3.05) is 29.7 Å². The van der Waals surface area contributed by atoms with Gasteiger partial charge in [0.25, 0.3) is 0 Å². The SMILES string of the molecule is CCS(=O)(=O)N(CC=Cc1cccc(C#N)c1)c1ccc(OC2CCN(C(=O)OC(C)(C)C)CC2)cc1. The molecule has 1 aliphatic heterocycles. The summed E-state index contributed by atoms with van der Waals surface area (Å²) < 4.78 is 38.5. The zero-order chi connectivity index (χ0) is 27.1. The molecule has 1 aliphatic rings. The number of carbonyl (C=O) groups excluding carboxylic acids is 1. The van der Waals surface area contributed by atoms with Gasteiger partial charge in [0.15, 0.2) is 0 Å². The van der Waals surface area contributed by atoms with Gasteiger partial charge in [-0.15, -0.1) is 0 Å². The molecule has 0 bridgehead atoms. The van der Waals surface area contributed by atoms with Gasteiger partial charge in [-0.3, -0.25) is 4.31 Å². The summed E-state index contributed by atoms with van der Waals surface area (Å²) in [5, 5.41) is 9.07. The van der Waals surface area contributed by atoms with Crippen LogP contribution in [0.5, 0.6) is 5.75 Å².